The van der Waals surface area contributed by atoms with Crippen molar-refractivity contribution < 1.29 is 14.6 Å². The van der Waals surface area contributed by atoms with Crippen molar-refractivity contribution >= 4 is 16.7 Å². The lowest BCUT2D eigenvalue weighted by Gasteiger charge is -2.24. The van der Waals surface area contributed by atoms with E-state index in [0.29, 0.717) is 25.3 Å². The van der Waals surface area contributed by atoms with Gasteiger partial charge in [-0.05, 0) is 41.6 Å². The Bertz CT molecular complexity index is 944. The molecule has 28 heavy (non-hydrogen) atoms. The molecule has 0 aliphatic rings. The zero-order valence-corrected chi connectivity index (χ0v) is 15.9. The Labute approximate surface area is 164 Å². The van der Waals surface area contributed by atoms with Gasteiger partial charge in [-0.2, -0.15) is 0 Å². The van der Waals surface area contributed by atoms with E-state index < -0.39 is 0 Å². The SMILES string of the molecule is CCOC(=O)Cc1cc2ccccc2c(O)c1C(NCCN)c1ccncc1. The molecule has 6 nitrogen and oxygen atoms in total. The van der Waals surface area contributed by atoms with Crippen LogP contribution in [-0.4, -0.2) is 35.8 Å². The number of benzene rings is 2. The van der Waals surface area contributed by atoms with Gasteiger partial charge in [0, 0.05) is 36.4 Å². The first-order valence-corrected chi connectivity index (χ1v) is 9.38. The maximum atomic E-state index is 12.2. The summed E-state index contributed by atoms with van der Waals surface area (Å²) in [5, 5.41) is 16.2. The van der Waals surface area contributed by atoms with Crippen molar-refractivity contribution in [1.29, 1.82) is 0 Å². The van der Waals surface area contributed by atoms with Gasteiger partial charge in [0.25, 0.3) is 0 Å². The number of fused-ring (bicyclic) bond motifs is 1. The van der Waals surface area contributed by atoms with Gasteiger partial charge in [0.15, 0.2) is 0 Å². The van der Waals surface area contributed by atoms with Crippen LogP contribution in [0, 0.1) is 0 Å². The van der Waals surface area contributed by atoms with Gasteiger partial charge in [0.05, 0.1) is 19.1 Å². The Morgan fingerprint density at radius 3 is 2.71 bits per heavy atom. The summed E-state index contributed by atoms with van der Waals surface area (Å²) < 4.78 is 5.15. The lowest BCUT2D eigenvalue weighted by Crippen LogP contribution is -2.29. The third-order valence-electron chi connectivity index (χ3n) is 4.61. The number of hydrogen-bond donors (Lipinski definition) is 3. The summed E-state index contributed by atoms with van der Waals surface area (Å²) in [6.45, 7) is 3.09. The van der Waals surface area contributed by atoms with E-state index in [9.17, 15) is 9.90 Å². The summed E-state index contributed by atoms with van der Waals surface area (Å²) in [5.41, 5.74) is 8.02. The van der Waals surface area contributed by atoms with Crippen LogP contribution in [0.4, 0.5) is 0 Å². The highest BCUT2D eigenvalue weighted by Gasteiger charge is 2.24. The number of rotatable bonds is 8. The summed E-state index contributed by atoms with van der Waals surface area (Å²) in [6.07, 6.45) is 3.48. The number of carbonyl (C=O) groups is 1. The van der Waals surface area contributed by atoms with Crippen LogP contribution in [0.3, 0.4) is 0 Å². The molecule has 0 amide bonds. The molecule has 1 aromatic heterocycles. The Morgan fingerprint density at radius 2 is 2.00 bits per heavy atom. The maximum absolute atomic E-state index is 12.2. The van der Waals surface area contributed by atoms with E-state index >= 15 is 0 Å². The molecular weight excluding hydrogens is 354 g/mol. The topological polar surface area (TPSA) is 97.5 Å². The van der Waals surface area contributed by atoms with Crippen LogP contribution < -0.4 is 11.1 Å². The molecule has 1 heterocycles. The van der Waals surface area contributed by atoms with E-state index in [1.807, 2.05) is 42.5 Å². The number of aromatic nitrogens is 1. The quantitative estimate of drug-likeness (QED) is 0.521. The summed E-state index contributed by atoms with van der Waals surface area (Å²) in [5.74, 6) is -0.172. The average molecular weight is 379 g/mol. The van der Waals surface area contributed by atoms with Gasteiger partial charge < -0.3 is 20.9 Å². The van der Waals surface area contributed by atoms with E-state index in [1.165, 1.54) is 0 Å². The average Bonchev–Trinajstić information content (AvgIpc) is 2.71. The standard InChI is InChI=1S/C22H25N3O3/c1-2-28-19(26)14-17-13-16-5-3-4-6-18(16)22(27)20(17)21(25-12-9-23)15-7-10-24-11-8-15/h3-8,10-11,13,21,25,27H,2,9,12,14,23H2,1H3. The second kappa shape index (κ2) is 9.30. The normalized spacial score (nSPS) is 12.1. The van der Waals surface area contributed by atoms with Crippen LogP contribution in [0.5, 0.6) is 5.75 Å². The lowest BCUT2D eigenvalue weighted by molar-refractivity contribution is -0.142. The number of nitrogens with two attached hydrogens (primary N) is 1. The van der Waals surface area contributed by atoms with Crippen LogP contribution in [-0.2, 0) is 16.0 Å². The van der Waals surface area contributed by atoms with E-state index in [4.69, 9.17) is 10.5 Å². The fraction of sp³-hybridized carbons (Fsp3) is 0.273. The summed E-state index contributed by atoms with van der Waals surface area (Å²) in [7, 11) is 0. The highest BCUT2D eigenvalue weighted by Crippen LogP contribution is 2.38. The number of pyridine rings is 1. The van der Waals surface area contributed by atoms with Crippen molar-refractivity contribution in [2.75, 3.05) is 19.7 Å². The molecule has 2 aromatic carbocycles. The van der Waals surface area contributed by atoms with Crippen LogP contribution in [0.25, 0.3) is 10.8 Å². The first-order chi connectivity index (χ1) is 13.7. The Hall–Kier alpha value is -2.96. The van der Waals surface area contributed by atoms with E-state index in [0.717, 1.165) is 21.9 Å². The fourth-order valence-corrected chi connectivity index (χ4v) is 3.41. The van der Waals surface area contributed by atoms with Gasteiger partial charge in [0.1, 0.15) is 5.75 Å². The molecule has 1 unspecified atom stereocenters. The molecule has 0 aliphatic heterocycles. The number of phenolic OH excluding ortho intramolecular Hbond substituents is 1. The number of ether oxygens (including phenoxy) is 1. The molecule has 0 bridgehead atoms. The predicted molar refractivity (Wildman–Crippen MR) is 109 cm³/mol. The molecular formula is C22H25N3O3. The van der Waals surface area contributed by atoms with Gasteiger partial charge in [-0.15, -0.1) is 0 Å². The molecule has 1 atom stereocenters. The van der Waals surface area contributed by atoms with Gasteiger partial charge in [-0.3, -0.25) is 9.78 Å². The first-order valence-electron chi connectivity index (χ1n) is 9.38. The van der Waals surface area contributed by atoms with Gasteiger partial charge in [-0.25, -0.2) is 0 Å². The number of nitrogens with one attached hydrogen (secondary N) is 1. The third kappa shape index (κ3) is 4.30. The molecule has 0 saturated carbocycles. The van der Waals surface area contributed by atoms with Crippen LogP contribution >= 0.6 is 0 Å². The minimum Gasteiger partial charge on any atom is -0.507 e. The van der Waals surface area contributed by atoms with Crippen LogP contribution in [0.2, 0.25) is 0 Å². The van der Waals surface area contributed by atoms with E-state index in [2.05, 4.69) is 10.3 Å². The minimum atomic E-state index is -0.333. The van der Waals surface area contributed by atoms with Gasteiger partial charge in [0.2, 0.25) is 0 Å². The minimum absolute atomic E-state index is 0.0768. The predicted octanol–water partition coefficient (Wildman–Crippen LogP) is 2.68. The van der Waals surface area contributed by atoms with Crippen molar-refractivity contribution in [2.45, 2.75) is 19.4 Å². The number of nitrogens with zero attached hydrogens (tertiary/aromatic N) is 1. The van der Waals surface area contributed by atoms with E-state index in [1.54, 1.807) is 19.3 Å². The van der Waals surface area contributed by atoms with Crippen molar-refractivity contribution in [3.05, 3.63) is 71.5 Å². The molecule has 6 heteroatoms. The molecule has 0 radical (unpaired) electrons. The van der Waals surface area contributed by atoms with Crippen LogP contribution in [0.15, 0.2) is 54.9 Å². The number of carbonyl (C=O) groups excluding carboxylic acids is 1. The summed E-state index contributed by atoms with van der Waals surface area (Å²) >= 11 is 0. The molecule has 3 rings (SSSR count). The Kier molecular flexibility index (Phi) is 6.57. The molecule has 0 spiro atoms. The summed E-state index contributed by atoms with van der Waals surface area (Å²) in [6, 6.07) is 13.0. The fourth-order valence-electron chi connectivity index (χ4n) is 3.41. The number of hydrogen-bond acceptors (Lipinski definition) is 6. The van der Waals surface area contributed by atoms with Crippen molar-refractivity contribution in [3.63, 3.8) is 0 Å². The Morgan fingerprint density at radius 1 is 1.25 bits per heavy atom. The molecule has 4 N–H and O–H groups in total. The van der Waals surface area contributed by atoms with Crippen molar-refractivity contribution in [3.8, 4) is 5.75 Å². The highest BCUT2D eigenvalue weighted by molar-refractivity contribution is 5.91. The van der Waals surface area contributed by atoms with Gasteiger partial charge >= 0.3 is 5.97 Å². The van der Waals surface area contributed by atoms with Gasteiger partial charge in [-0.1, -0.05) is 24.3 Å². The van der Waals surface area contributed by atoms with Crippen molar-refractivity contribution in [1.82, 2.24) is 10.3 Å². The largest absolute Gasteiger partial charge is 0.507 e. The molecule has 0 fully saturated rings. The maximum Gasteiger partial charge on any atom is 0.310 e. The summed E-state index contributed by atoms with van der Waals surface area (Å²) in [4.78, 5) is 16.3. The van der Waals surface area contributed by atoms with Crippen molar-refractivity contribution in [2.24, 2.45) is 5.73 Å². The first kappa shape index (κ1) is 19.8. The lowest BCUT2D eigenvalue weighted by atomic mass is 9.89. The number of esters is 1. The monoisotopic (exact) mass is 379 g/mol. The second-order valence-electron chi connectivity index (χ2n) is 6.46. The zero-order chi connectivity index (χ0) is 19.9. The number of phenols is 1. The molecule has 146 valence electrons. The highest BCUT2D eigenvalue weighted by atomic mass is 16.5. The smallest absolute Gasteiger partial charge is 0.310 e. The number of aromatic hydroxyl groups is 1. The molecule has 0 aliphatic carbocycles. The molecule has 0 saturated heterocycles. The second-order valence-corrected chi connectivity index (χ2v) is 6.46. The molecule has 3 aromatic rings. The zero-order valence-electron chi connectivity index (χ0n) is 15.9. The van der Waals surface area contributed by atoms with E-state index in [-0.39, 0.29) is 24.2 Å². The third-order valence-corrected chi connectivity index (χ3v) is 4.61. The van der Waals surface area contributed by atoms with Crippen LogP contribution in [0.1, 0.15) is 29.7 Å². The Balaban J connectivity index is 2.19.